The molecule has 0 spiro atoms. The van der Waals surface area contributed by atoms with E-state index in [-0.39, 0.29) is 24.8 Å². The predicted molar refractivity (Wildman–Crippen MR) is 98.0 cm³/mol. The van der Waals surface area contributed by atoms with Gasteiger partial charge in [-0.15, -0.1) is 0 Å². The van der Waals surface area contributed by atoms with Crippen molar-refractivity contribution >= 4 is 5.82 Å². The summed E-state index contributed by atoms with van der Waals surface area (Å²) in [5.41, 5.74) is 0.699. The Bertz CT molecular complexity index is 933. The zero-order valence-corrected chi connectivity index (χ0v) is 15.4. The van der Waals surface area contributed by atoms with E-state index >= 15 is 0 Å². The number of aromatic nitrogens is 3. The highest BCUT2D eigenvalue weighted by Gasteiger charge is 2.13. The van der Waals surface area contributed by atoms with Gasteiger partial charge in [-0.25, -0.2) is 13.8 Å². The molecule has 0 saturated heterocycles. The minimum atomic E-state index is -1.01. The number of benzene rings is 1. The summed E-state index contributed by atoms with van der Waals surface area (Å²) >= 11 is 0. The molecule has 28 heavy (non-hydrogen) atoms. The fourth-order valence-corrected chi connectivity index (χ4v) is 2.29. The van der Waals surface area contributed by atoms with E-state index in [1.165, 1.54) is 6.07 Å². The Labute approximate surface area is 160 Å². The molecule has 3 rings (SSSR count). The highest BCUT2D eigenvalue weighted by atomic mass is 19.2. The van der Waals surface area contributed by atoms with Gasteiger partial charge in [0.2, 0.25) is 0 Å². The lowest BCUT2D eigenvalue weighted by Gasteiger charge is -2.14. The van der Waals surface area contributed by atoms with Crippen LogP contribution in [0.25, 0.3) is 11.5 Å². The first-order chi connectivity index (χ1) is 13.4. The predicted octanol–water partition coefficient (Wildman–Crippen LogP) is 3.39. The van der Waals surface area contributed by atoms with Gasteiger partial charge in [0.05, 0.1) is 0 Å². The highest BCUT2D eigenvalue weighted by Crippen LogP contribution is 2.21. The van der Waals surface area contributed by atoms with Gasteiger partial charge in [-0.1, -0.05) is 19.0 Å². The maximum Gasteiger partial charge on any atom is 0.258 e. The number of aliphatic hydroxyl groups excluding tert-OH is 1. The summed E-state index contributed by atoms with van der Waals surface area (Å²) in [4.78, 5) is 8.51. The van der Waals surface area contributed by atoms with E-state index in [0.29, 0.717) is 23.1 Å². The average Bonchev–Trinajstić information content (AvgIpc) is 3.18. The number of aliphatic hydroxyl groups is 1. The number of rotatable bonds is 8. The van der Waals surface area contributed by atoms with Crippen LogP contribution in [0.2, 0.25) is 0 Å². The number of hydrogen-bond acceptors (Lipinski definition) is 7. The van der Waals surface area contributed by atoms with E-state index in [0.717, 1.165) is 12.1 Å². The van der Waals surface area contributed by atoms with E-state index in [4.69, 9.17) is 9.26 Å². The number of nitrogens with one attached hydrogen (secondary N) is 1. The first kappa shape index (κ1) is 19.7. The quantitative estimate of drug-likeness (QED) is 0.609. The Hall–Kier alpha value is -3.07. The maximum absolute atomic E-state index is 13.1. The number of hydrogen-bond donors (Lipinski definition) is 2. The third-order valence-electron chi connectivity index (χ3n) is 3.82. The Morgan fingerprint density at radius 1 is 1.18 bits per heavy atom. The van der Waals surface area contributed by atoms with Crippen molar-refractivity contribution in [2.24, 2.45) is 0 Å². The smallest absolute Gasteiger partial charge is 0.258 e. The molecule has 0 radical (unpaired) electrons. The molecule has 0 aliphatic heterocycles. The van der Waals surface area contributed by atoms with Crippen molar-refractivity contribution in [1.29, 1.82) is 0 Å². The largest absolute Gasteiger partial charge is 0.491 e. The molecule has 7 nitrogen and oxygen atoms in total. The van der Waals surface area contributed by atoms with Crippen molar-refractivity contribution in [2.75, 3.05) is 18.5 Å². The molecule has 9 heteroatoms. The summed E-state index contributed by atoms with van der Waals surface area (Å²) in [6.45, 7) is 3.98. The lowest BCUT2D eigenvalue weighted by Crippen LogP contribution is -2.26. The van der Waals surface area contributed by atoms with Gasteiger partial charge in [0, 0.05) is 30.3 Å². The van der Waals surface area contributed by atoms with E-state index < -0.39 is 17.7 Å². The molecule has 1 aromatic carbocycles. The fourth-order valence-electron chi connectivity index (χ4n) is 2.29. The summed E-state index contributed by atoms with van der Waals surface area (Å²) in [7, 11) is 0. The Balaban J connectivity index is 1.54. The van der Waals surface area contributed by atoms with E-state index in [9.17, 15) is 13.9 Å². The standard InChI is InChI=1S/C19H20F2N4O3/c1-11(2)18-24-19(28-25-18)12-5-6-22-17(7-12)23-9-13(26)10-27-14-3-4-15(20)16(21)8-14/h3-8,11,13,26H,9-10H2,1-2H3,(H,22,23)/t13-/m1/s1. The zero-order valence-electron chi connectivity index (χ0n) is 15.4. The van der Waals surface area contributed by atoms with Crippen LogP contribution < -0.4 is 10.1 Å². The van der Waals surface area contributed by atoms with E-state index in [1.54, 1.807) is 18.3 Å². The summed E-state index contributed by atoms with van der Waals surface area (Å²) in [5, 5.41) is 16.9. The lowest BCUT2D eigenvalue weighted by molar-refractivity contribution is 0.117. The third kappa shape index (κ3) is 5.01. The number of ether oxygens (including phenoxy) is 1. The van der Waals surface area contributed by atoms with Crippen LogP contribution in [0.3, 0.4) is 0 Å². The highest BCUT2D eigenvalue weighted by molar-refractivity contribution is 5.57. The summed E-state index contributed by atoms with van der Waals surface area (Å²) < 4.78 is 36.5. The van der Waals surface area contributed by atoms with Crippen LogP contribution in [0.15, 0.2) is 41.1 Å². The van der Waals surface area contributed by atoms with Crippen molar-refractivity contribution in [1.82, 2.24) is 15.1 Å². The second-order valence-corrected chi connectivity index (χ2v) is 6.46. The zero-order chi connectivity index (χ0) is 20.1. The first-order valence-electron chi connectivity index (χ1n) is 8.72. The molecule has 3 aromatic rings. The van der Waals surface area contributed by atoms with Gasteiger partial charge in [0.25, 0.3) is 5.89 Å². The van der Waals surface area contributed by atoms with Crippen LogP contribution >= 0.6 is 0 Å². The summed E-state index contributed by atoms with van der Waals surface area (Å²) in [6.07, 6.45) is 0.690. The molecular formula is C19H20F2N4O3. The normalized spacial score (nSPS) is 12.2. The topological polar surface area (TPSA) is 93.3 Å². The molecule has 0 aliphatic rings. The fraction of sp³-hybridized carbons (Fsp3) is 0.316. The molecular weight excluding hydrogens is 370 g/mol. The van der Waals surface area contributed by atoms with E-state index in [1.807, 2.05) is 13.8 Å². The molecule has 0 unspecified atom stereocenters. The Kier molecular flexibility index (Phi) is 6.15. The van der Waals surface area contributed by atoms with Crippen molar-refractivity contribution < 1.29 is 23.1 Å². The Morgan fingerprint density at radius 3 is 2.71 bits per heavy atom. The van der Waals surface area contributed by atoms with Crippen molar-refractivity contribution in [3.8, 4) is 17.2 Å². The van der Waals surface area contributed by atoms with Gasteiger partial charge in [0.15, 0.2) is 17.5 Å². The minimum Gasteiger partial charge on any atom is -0.491 e. The van der Waals surface area contributed by atoms with Crippen LogP contribution in [-0.4, -0.2) is 39.5 Å². The van der Waals surface area contributed by atoms with Gasteiger partial charge in [-0.2, -0.15) is 4.98 Å². The molecule has 0 aliphatic carbocycles. The molecule has 1 atom stereocenters. The third-order valence-corrected chi connectivity index (χ3v) is 3.82. The maximum atomic E-state index is 13.1. The van der Waals surface area contributed by atoms with Crippen molar-refractivity contribution in [3.63, 3.8) is 0 Å². The molecule has 2 heterocycles. The average molecular weight is 390 g/mol. The minimum absolute atomic E-state index is 0.0980. The molecule has 0 bridgehead atoms. The van der Waals surface area contributed by atoms with Gasteiger partial charge in [-0.3, -0.25) is 0 Å². The molecule has 2 N–H and O–H groups in total. The molecule has 0 saturated carbocycles. The monoisotopic (exact) mass is 390 g/mol. The van der Waals surface area contributed by atoms with Gasteiger partial charge >= 0.3 is 0 Å². The van der Waals surface area contributed by atoms with Gasteiger partial charge in [-0.05, 0) is 24.3 Å². The van der Waals surface area contributed by atoms with Crippen LogP contribution in [0.4, 0.5) is 14.6 Å². The van der Waals surface area contributed by atoms with Gasteiger partial charge in [0.1, 0.15) is 24.3 Å². The molecule has 2 aromatic heterocycles. The van der Waals surface area contributed by atoms with Crippen LogP contribution in [0.5, 0.6) is 5.75 Å². The van der Waals surface area contributed by atoms with Crippen LogP contribution in [0.1, 0.15) is 25.6 Å². The van der Waals surface area contributed by atoms with E-state index in [2.05, 4.69) is 20.4 Å². The number of anilines is 1. The lowest BCUT2D eigenvalue weighted by atomic mass is 10.2. The SMILES string of the molecule is CC(C)c1noc(-c2ccnc(NC[C@@H](O)COc3ccc(F)c(F)c3)c2)n1. The van der Waals surface area contributed by atoms with Gasteiger partial charge < -0.3 is 19.7 Å². The number of nitrogens with zero attached hydrogens (tertiary/aromatic N) is 3. The van der Waals surface area contributed by atoms with Crippen LogP contribution in [0, 0.1) is 11.6 Å². The van der Waals surface area contributed by atoms with Crippen molar-refractivity contribution in [3.05, 3.63) is 54.0 Å². The van der Waals surface area contributed by atoms with Crippen molar-refractivity contribution in [2.45, 2.75) is 25.9 Å². The Morgan fingerprint density at radius 2 is 2.00 bits per heavy atom. The molecule has 0 amide bonds. The number of halogens is 2. The molecule has 148 valence electrons. The molecule has 0 fully saturated rings. The summed E-state index contributed by atoms with van der Waals surface area (Å²) in [6, 6.07) is 6.65. The second-order valence-electron chi connectivity index (χ2n) is 6.46. The first-order valence-corrected chi connectivity index (χ1v) is 8.72. The number of pyridine rings is 1. The summed E-state index contributed by atoms with van der Waals surface area (Å²) in [5.74, 6) is -0.164. The van der Waals surface area contributed by atoms with Crippen LogP contribution in [-0.2, 0) is 0 Å². The second kappa shape index (κ2) is 8.75.